The summed E-state index contributed by atoms with van der Waals surface area (Å²) in [5, 5.41) is 3.34. The van der Waals surface area contributed by atoms with Gasteiger partial charge in [0.15, 0.2) is 0 Å². The number of hydrogen-bond donors (Lipinski definition) is 1. The van der Waals surface area contributed by atoms with E-state index in [1.807, 2.05) is 41.3 Å². The fraction of sp³-hybridized carbons (Fsp3) is 0.320. The van der Waals surface area contributed by atoms with Gasteiger partial charge in [-0.05, 0) is 37.0 Å². The number of carbonyl (C=O) groups is 1. The first kappa shape index (κ1) is 21.6. The van der Waals surface area contributed by atoms with Crippen molar-refractivity contribution >= 4 is 11.9 Å². The van der Waals surface area contributed by atoms with Crippen molar-refractivity contribution < 1.29 is 14.3 Å². The number of aryl methyl sites for hydroxylation is 1. The number of anilines is 1. The van der Waals surface area contributed by atoms with E-state index in [1.165, 1.54) is 5.56 Å². The molecule has 2 heterocycles. The number of likely N-dealkylation sites (tertiary alicyclic amines) is 1. The Morgan fingerprint density at radius 2 is 1.78 bits per heavy atom. The molecule has 1 atom stereocenters. The maximum Gasteiger partial charge on any atom is 0.254 e. The zero-order valence-electron chi connectivity index (χ0n) is 18.7. The number of carbonyl (C=O) groups excluding carboxylic acids is 1. The van der Waals surface area contributed by atoms with Crippen LogP contribution in [0.15, 0.2) is 54.6 Å². The molecule has 0 radical (unpaired) electrons. The van der Waals surface area contributed by atoms with Crippen LogP contribution in [0.3, 0.4) is 0 Å². The van der Waals surface area contributed by atoms with E-state index in [0.717, 1.165) is 36.1 Å². The molecular formula is C25H28N4O3. The average Bonchev–Trinajstić information content (AvgIpc) is 2.83. The van der Waals surface area contributed by atoms with Gasteiger partial charge in [0.1, 0.15) is 0 Å². The Kier molecular flexibility index (Phi) is 6.54. The smallest absolute Gasteiger partial charge is 0.254 e. The highest BCUT2D eigenvalue weighted by molar-refractivity contribution is 6.01. The van der Waals surface area contributed by atoms with Gasteiger partial charge in [0.25, 0.3) is 5.91 Å². The van der Waals surface area contributed by atoms with Gasteiger partial charge in [-0.15, -0.1) is 0 Å². The highest BCUT2D eigenvalue weighted by Gasteiger charge is 2.26. The van der Waals surface area contributed by atoms with Crippen LogP contribution in [0.1, 0.15) is 28.8 Å². The molecule has 1 aromatic heterocycles. The predicted octanol–water partition coefficient (Wildman–Crippen LogP) is 4.19. The summed E-state index contributed by atoms with van der Waals surface area (Å²) in [6.45, 7) is 3.36. The fourth-order valence-electron chi connectivity index (χ4n) is 4.04. The Balaban J connectivity index is 1.53. The molecule has 1 aliphatic rings. The molecule has 4 rings (SSSR count). The van der Waals surface area contributed by atoms with E-state index in [4.69, 9.17) is 9.47 Å². The van der Waals surface area contributed by atoms with Gasteiger partial charge in [0, 0.05) is 24.7 Å². The van der Waals surface area contributed by atoms with Gasteiger partial charge < -0.3 is 19.7 Å². The SMILES string of the molecule is COc1cc(OC)nc(NC2CCCN(C(=O)c3ccccc3-c3cccc(C)c3)C2)n1. The number of amides is 1. The Morgan fingerprint density at radius 3 is 2.50 bits per heavy atom. The lowest BCUT2D eigenvalue weighted by atomic mass is 9.96. The third-order valence-electron chi connectivity index (χ3n) is 5.63. The summed E-state index contributed by atoms with van der Waals surface area (Å²) in [6, 6.07) is 17.7. The van der Waals surface area contributed by atoms with E-state index in [-0.39, 0.29) is 11.9 Å². The summed E-state index contributed by atoms with van der Waals surface area (Å²) in [5.41, 5.74) is 3.90. The van der Waals surface area contributed by atoms with Crippen LogP contribution < -0.4 is 14.8 Å². The van der Waals surface area contributed by atoms with Gasteiger partial charge in [-0.25, -0.2) is 0 Å². The minimum Gasteiger partial charge on any atom is -0.481 e. The standard InChI is InChI=1S/C25H28N4O3/c1-17-8-6-9-18(14-17)20-11-4-5-12-21(20)24(30)29-13-7-10-19(16-29)26-25-27-22(31-2)15-23(28-25)32-3/h4-6,8-9,11-12,14-15,19H,7,10,13,16H2,1-3H3,(H,26,27,28). The summed E-state index contributed by atoms with van der Waals surface area (Å²) in [4.78, 5) is 24.1. The van der Waals surface area contributed by atoms with Crippen molar-refractivity contribution in [1.82, 2.24) is 14.9 Å². The highest BCUT2D eigenvalue weighted by Crippen LogP contribution is 2.27. The van der Waals surface area contributed by atoms with E-state index in [1.54, 1.807) is 20.3 Å². The van der Waals surface area contributed by atoms with Crippen LogP contribution in [0.4, 0.5) is 5.95 Å². The molecule has 0 aliphatic carbocycles. The fourth-order valence-corrected chi connectivity index (χ4v) is 4.04. The molecule has 1 fully saturated rings. The minimum atomic E-state index is 0.0376. The van der Waals surface area contributed by atoms with Gasteiger partial charge in [0.2, 0.25) is 17.7 Å². The Hall–Kier alpha value is -3.61. The van der Waals surface area contributed by atoms with Crippen LogP contribution >= 0.6 is 0 Å². The molecule has 1 aliphatic heterocycles. The second kappa shape index (κ2) is 9.68. The first-order valence-electron chi connectivity index (χ1n) is 10.8. The summed E-state index contributed by atoms with van der Waals surface area (Å²) in [5.74, 6) is 1.32. The van der Waals surface area contributed by atoms with Crippen LogP contribution in [-0.2, 0) is 0 Å². The van der Waals surface area contributed by atoms with Crippen molar-refractivity contribution in [2.75, 3.05) is 32.6 Å². The van der Waals surface area contributed by atoms with Gasteiger partial charge in [0.05, 0.1) is 20.3 Å². The van der Waals surface area contributed by atoms with E-state index in [0.29, 0.717) is 24.3 Å². The molecule has 2 aromatic carbocycles. The first-order chi connectivity index (χ1) is 15.6. The van der Waals surface area contributed by atoms with Crippen LogP contribution in [0.5, 0.6) is 11.8 Å². The molecule has 1 unspecified atom stereocenters. The number of benzene rings is 2. The van der Waals surface area contributed by atoms with Crippen LogP contribution in [0.25, 0.3) is 11.1 Å². The maximum atomic E-state index is 13.5. The van der Waals surface area contributed by atoms with Gasteiger partial charge >= 0.3 is 0 Å². The molecule has 1 N–H and O–H groups in total. The minimum absolute atomic E-state index is 0.0376. The van der Waals surface area contributed by atoms with Gasteiger partial charge in [-0.2, -0.15) is 9.97 Å². The summed E-state index contributed by atoms with van der Waals surface area (Å²) in [7, 11) is 3.11. The highest BCUT2D eigenvalue weighted by atomic mass is 16.5. The number of piperidine rings is 1. The van der Waals surface area contributed by atoms with Crippen LogP contribution in [0, 0.1) is 6.92 Å². The first-order valence-corrected chi connectivity index (χ1v) is 10.8. The number of nitrogens with zero attached hydrogens (tertiary/aromatic N) is 3. The molecule has 1 amide bonds. The number of aromatic nitrogens is 2. The van der Waals surface area contributed by atoms with E-state index in [2.05, 4.69) is 34.3 Å². The number of hydrogen-bond acceptors (Lipinski definition) is 6. The summed E-state index contributed by atoms with van der Waals surface area (Å²) in [6.07, 6.45) is 1.82. The lowest BCUT2D eigenvalue weighted by Gasteiger charge is -2.33. The molecule has 0 saturated carbocycles. The van der Waals surface area contributed by atoms with Crippen molar-refractivity contribution in [2.24, 2.45) is 0 Å². The monoisotopic (exact) mass is 432 g/mol. The van der Waals surface area contributed by atoms with E-state index < -0.39 is 0 Å². The number of nitrogens with one attached hydrogen (secondary N) is 1. The summed E-state index contributed by atoms with van der Waals surface area (Å²) < 4.78 is 10.5. The zero-order chi connectivity index (χ0) is 22.5. The van der Waals surface area contributed by atoms with Gasteiger partial charge in [-0.3, -0.25) is 4.79 Å². The molecule has 1 saturated heterocycles. The number of methoxy groups -OCH3 is 2. The lowest BCUT2D eigenvalue weighted by Crippen LogP contribution is -2.45. The van der Waals surface area contributed by atoms with E-state index >= 15 is 0 Å². The van der Waals surface area contributed by atoms with Crippen molar-refractivity contribution in [3.8, 4) is 22.9 Å². The predicted molar refractivity (Wildman–Crippen MR) is 124 cm³/mol. The largest absolute Gasteiger partial charge is 0.481 e. The molecule has 3 aromatic rings. The molecule has 7 nitrogen and oxygen atoms in total. The van der Waals surface area contributed by atoms with Crippen molar-refractivity contribution in [1.29, 1.82) is 0 Å². The number of ether oxygens (including phenoxy) is 2. The number of rotatable bonds is 6. The topological polar surface area (TPSA) is 76.6 Å². The van der Waals surface area contributed by atoms with Crippen molar-refractivity contribution in [3.05, 3.63) is 65.7 Å². The Labute approximate surface area is 188 Å². The molecule has 7 heteroatoms. The zero-order valence-corrected chi connectivity index (χ0v) is 18.7. The molecule has 166 valence electrons. The molecule has 0 bridgehead atoms. The molecular weight excluding hydrogens is 404 g/mol. The lowest BCUT2D eigenvalue weighted by molar-refractivity contribution is 0.0715. The normalized spacial score (nSPS) is 15.8. The third-order valence-corrected chi connectivity index (χ3v) is 5.63. The molecule has 32 heavy (non-hydrogen) atoms. The van der Waals surface area contributed by atoms with Crippen molar-refractivity contribution in [2.45, 2.75) is 25.8 Å². The maximum absolute atomic E-state index is 13.5. The van der Waals surface area contributed by atoms with Crippen LogP contribution in [0.2, 0.25) is 0 Å². The average molecular weight is 433 g/mol. The van der Waals surface area contributed by atoms with Crippen LogP contribution in [-0.4, -0.2) is 54.1 Å². The second-order valence-corrected chi connectivity index (χ2v) is 7.93. The Bertz CT molecular complexity index is 1080. The van der Waals surface area contributed by atoms with Gasteiger partial charge in [-0.1, -0.05) is 48.0 Å². The molecule has 0 spiro atoms. The second-order valence-electron chi connectivity index (χ2n) is 7.93. The quantitative estimate of drug-likeness (QED) is 0.630. The van der Waals surface area contributed by atoms with Crippen molar-refractivity contribution in [3.63, 3.8) is 0 Å². The van der Waals surface area contributed by atoms with E-state index in [9.17, 15) is 4.79 Å². The summed E-state index contributed by atoms with van der Waals surface area (Å²) >= 11 is 0. The third kappa shape index (κ3) is 4.82. The Morgan fingerprint density at radius 1 is 1.03 bits per heavy atom.